The van der Waals surface area contributed by atoms with Crippen molar-refractivity contribution in [2.24, 2.45) is 11.8 Å². The Morgan fingerprint density at radius 2 is 1.44 bits per heavy atom. The van der Waals surface area contributed by atoms with Gasteiger partial charge in [-0.15, -0.1) is 0 Å². The minimum Gasteiger partial charge on any atom is -0.490 e. The molecule has 3 rings (SSSR count). The number of fused-ring (bicyclic) bond motifs is 3. The van der Waals surface area contributed by atoms with Crippen molar-refractivity contribution in [3.8, 4) is 5.75 Å². The number of hydrogen-bond acceptors (Lipinski definition) is 5. The maximum atomic E-state index is 14.4. The molecule has 0 amide bonds. The van der Waals surface area contributed by atoms with Crippen molar-refractivity contribution in [2.45, 2.75) is 36.2 Å². The number of sulfonamides is 2. The van der Waals surface area contributed by atoms with Gasteiger partial charge in [0.1, 0.15) is 5.82 Å². The molecule has 1 saturated carbocycles. The molecule has 0 bridgehead atoms. The molecule has 0 spiro atoms. The maximum absolute atomic E-state index is 14.4. The second-order valence-corrected chi connectivity index (χ2v) is 11.3. The average molecular weight is 517 g/mol. The van der Waals surface area contributed by atoms with Crippen molar-refractivity contribution in [3.63, 3.8) is 0 Å². The molecule has 1 aromatic carbocycles. The Kier molecular flexibility index (Phi) is 6.21. The molecule has 32 heavy (non-hydrogen) atoms. The van der Waals surface area contributed by atoms with E-state index in [-0.39, 0.29) is 24.8 Å². The van der Waals surface area contributed by atoms with Crippen LogP contribution in [0.2, 0.25) is 0 Å². The third-order valence-electron chi connectivity index (χ3n) is 5.60. The molecule has 2 aliphatic rings. The van der Waals surface area contributed by atoms with Gasteiger partial charge in [0.2, 0.25) is 0 Å². The van der Waals surface area contributed by atoms with Crippen LogP contribution in [-0.2, 0) is 20.0 Å². The first-order valence-electron chi connectivity index (χ1n) is 9.01. The van der Waals surface area contributed by atoms with Crippen molar-refractivity contribution in [2.75, 3.05) is 13.2 Å². The van der Waals surface area contributed by atoms with Gasteiger partial charge >= 0.3 is 31.1 Å². The van der Waals surface area contributed by atoms with Gasteiger partial charge in [-0.05, 0) is 36.8 Å². The number of benzene rings is 1. The number of nitrogens with zero attached hydrogens (tertiary/aromatic N) is 1. The Labute approximate surface area is 177 Å². The van der Waals surface area contributed by atoms with Crippen LogP contribution in [0.4, 0.5) is 35.1 Å². The minimum absolute atomic E-state index is 0.0905. The Morgan fingerprint density at radius 1 is 0.906 bits per heavy atom. The van der Waals surface area contributed by atoms with E-state index in [0.29, 0.717) is 0 Å². The zero-order valence-electron chi connectivity index (χ0n) is 15.8. The Balaban J connectivity index is 2.04. The Hall–Kier alpha value is -1.68. The van der Waals surface area contributed by atoms with Crippen LogP contribution in [0.3, 0.4) is 0 Å². The topological polar surface area (TPSA) is 80.8 Å². The zero-order chi connectivity index (χ0) is 24.3. The van der Waals surface area contributed by atoms with Crippen molar-refractivity contribution >= 4 is 20.0 Å². The molecular weight excluding hydrogens is 502 g/mol. The molecule has 1 aliphatic carbocycles. The van der Waals surface area contributed by atoms with E-state index in [1.165, 1.54) is 0 Å². The van der Waals surface area contributed by atoms with Gasteiger partial charge in [0.15, 0.2) is 11.6 Å². The van der Waals surface area contributed by atoms with Gasteiger partial charge in [-0.2, -0.15) is 26.3 Å². The molecular formula is C16H15F8NO5S2. The van der Waals surface area contributed by atoms with E-state index in [2.05, 4.69) is 0 Å². The minimum atomic E-state index is -6.94. The molecule has 1 fully saturated rings. The lowest BCUT2D eigenvalue weighted by atomic mass is 9.68. The van der Waals surface area contributed by atoms with E-state index in [0.717, 1.165) is 12.1 Å². The van der Waals surface area contributed by atoms with Gasteiger partial charge < -0.3 is 4.74 Å². The van der Waals surface area contributed by atoms with Gasteiger partial charge in [-0.25, -0.2) is 25.6 Å². The number of halogens is 8. The van der Waals surface area contributed by atoms with Gasteiger partial charge in [0.05, 0.1) is 6.61 Å². The summed E-state index contributed by atoms with van der Waals surface area (Å²) in [4.78, 5) is 0. The fourth-order valence-corrected chi connectivity index (χ4v) is 6.94. The number of hydrogen-bond donors (Lipinski definition) is 0. The van der Waals surface area contributed by atoms with Crippen LogP contribution in [0, 0.1) is 23.5 Å². The highest BCUT2D eigenvalue weighted by Crippen LogP contribution is 2.50. The summed E-state index contributed by atoms with van der Waals surface area (Å²) in [5.74, 6) is -5.64. The first-order valence-corrected chi connectivity index (χ1v) is 11.9. The predicted molar refractivity (Wildman–Crippen MR) is 92.1 cm³/mol. The quantitative estimate of drug-likeness (QED) is 0.567. The molecule has 0 saturated heterocycles. The summed E-state index contributed by atoms with van der Waals surface area (Å²) in [5.41, 5.74) is -12.9. The van der Waals surface area contributed by atoms with Crippen molar-refractivity contribution < 1.29 is 56.7 Å². The first kappa shape index (κ1) is 25.0. The lowest BCUT2D eigenvalue weighted by Gasteiger charge is -2.43. The van der Waals surface area contributed by atoms with E-state index >= 15 is 0 Å². The smallest absolute Gasteiger partial charge is 0.490 e. The highest BCUT2D eigenvalue weighted by atomic mass is 32.3. The SMILES string of the molecule is O=S(=O)(N(C[C@@H]1CCCC2c3c(F)ccc(F)c3OC[C@H]21)S(=O)(=O)C(F)(F)F)C(F)(F)F. The normalized spacial score (nSPS) is 24.6. The number of rotatable bonds is 4. The molecule has 182 valence electrons. The second kappa shape index (κ2) is 7.97. The monoisotopic (exact) mass is 517 g/mol. The van der Waals surface area contributed by atoms with Gasteiger partial charge in [0.25, 0.3) is 0 Å². The van der Waals surface area contributed by atoms with Crippen LogP contribution >= 0.6 is 0 Å². The fourth-order valence-electron chi connectivity index (χ4n) is 4.16. The van der Waals surface area contributed by atoms with Gasteiger partial charge in [-0.3, -0.25) is 0 Å². The molecule has 3 atom stereocenters. The van der Waals surface area contributed by atoms with Crippen LogP contribution in [0.5, 0.6) is 5.75 Å². The summed E-state index contributed by atoms with van der Waals surface area (Å²) in [6.07, 6.45) is 0.0944. The third-order valence-corrected chi connectivity index (χ3v) is 9.32. The molecule has 1 unspecified atom stereocenters. The van der Waals surface area contributed by atoms with Crippen molar-refractivity contribution in [1.29, 1.82) is 0 Å². The molecule has 16 heteroatoms. The van der Waals surface area contributed by atoms with Crippen LogP contribution < -0.4 is 4.74 Å². The zero-order valence-corrected chi connectivity index (χ0v) is 17.4. The van der Waals surface area contributed by atoms with E-state index < -0.39 is 83.1 Å². The molecule has 1 heterocycles. The van der Waals surface area contributed by atoms with Gasteiger partial charge in [0, 0.05) is 18.0 Å². The van der Waals surface area contributed by atoms with Crippen LogP contribution in [0.15, 0.2) is 12.1 Å². The highest BCUT2D eigenvalue weighted by molar-refractivity contribution is 8.04. The summed E-state index contributed by atoms with van der Waals surface area (Å²) >= 11 is 0. The number of ether oxygens (including phenoxy) is 1. The van der Waals surface area contributed by atoms with Crippen LogP contribution in [0.1, 0.15) is 30.7 Å². The van der Waals surface area contributed by atoms with Crippen molar-refractivity contribution in [1.82, 2.24) is 3.71 Å². The summed E-state index contributed by atoms with van der Waals surface area (Å²) < 4.78 is 157. The van der Waals surface area contributed by atoms with Gasteiger partial charge in [-0.1, -0.05) is 10.1 Å². The summed E-state index contributed by atoms with van der Waals surface area (Å²) in [7, 11) is -13.9. The standard InChI is InChI=1S/C16H15F8NO5S2/c17-11-4-5-12(18)14-13(11)9-3-1-2-8(10(9)7-30-14)6-25(31(26,27)15(19,20)21)32(28,29)16(22,23)24/h4-5,8-10H,1-3,6-7H2/t8-,9?,10-/m0/s1. The maximum Gasteiger partial charge on any atom is 0.512 e. The molecule has 1 aliphatic heterocycles. The first-order chi connectivity index (χ1) is 14.5. The molecule has 0 aromatic heterocycles. The largest absolute Gasteiger partial charge is 0.512 e. The lowest BCUT2D eigenvalue weighted by molar-refractivity contribution is -0.0541. The third kappa shape index (κ3) is 4.04. The molecule has 0 radical (unpaired) electrons. The summed E-state index contributed by atoms with van der Waals surface area (Å²) in [6.45, 7) is -2.16. The molecule has 0 N–H and O–H groups in total. The Morgan fingerprint density at radius 3 is 1.97 bits per heavy atom. The van der Waals surface area contributed by atoms with E-state index in [4.69, 9.17) is 4.74 Å². The lowest BCUT2D eigenvalue weighted by Crippen LogP contribution is -2.52. The van der Waals surface area contributed by atoms with E-state index in [1.807, 2.05) is 0 Å². The molecule has 6 nitrogen and oxygen atoms in total. The summed E-state index contributed by atoms with van der Waals surface area (Å²) in [5, 5.41) is 0. The predicted octanol–water partition coefficient (Wildman–Crippen LogP) is 3.86. The van der Waals surface area contributed by atoms with Crippen LogP contribution in [0.25, 0.3) is 0 Å². The molecule has 1 aromatic rings. The van der Waals surface area contributed by atoms with Crippen LogP contribution in [-0.4, -0.2) is 44.7 Å². The summed E-state index contributed by atoms with van der Waals surface area (Å²) in [6, 6.07) is 1.56. The second-order valence-electron chi connectivity index (χ2n) is 7.40. The van der Waals surface area contributed by atoms with E-state index in [1.54, 1.807) is 0 Å². The highest BCUT2D eigenvalue weighted by Gasteiger charge is 2.62. The van der Waals surface area contributed by atoms with E-state index in [9.17, 15) is 52.0 Å². The fraction of sp³-hybridized carbons (Fsp3) is 0.625. The van der Waals surface area contributed by atoms with Crippen molar-refractivity contribution in [3.05, 3.63) is 29.3 Å². The Bertz CT molecular complexity index is 1060. The number of alkyl halides is 6. The average Bonchev–Trinajstić information content (AvgIpc) is 2.66.